The molecule has 2 heterocycles. The van der Waals surface area contributed by atoms with Crippen molar-refractivity contribution in [2.75, 3.05) is 26.4 Å². The molecule has 1 saturated carbocycles. The summed E-state index contributed by atoms with van der Waals surface area (Å²) >= 11 is 6.28. The number of aromatic amines is 1. The second kappa shape index (κ2) is 9.65. The number of hydrogen-bond acceptors (Lipinski definition) is 4. The van der Waals surface area contributed by atoms with Crippen LogP contribution < -0.4 is 4.74 Å². The molecule has 33 heavy (non-hydrogen) atoms. The Morgan fingerprint density at radius 1 is 1.18 bits per heavy atom. The van der Waals surface area contributed by atoms with Crippen molar-refractivity contribution in [2.45, 2.75) is 38.1 Å². The molecule has 0 radical (unpaired) electrons. The van der Waals surface area contributed by atoms with E-state index in [9.17, 15) is 4.79 Å². The van der Waals surface area contributed by atoms with Crippen LogP contribution in [0.4, 0.5) is 4.79 Å². The Morgan fingerprint density at radius 3 is 2.73 bits per heavy atom. The average Bonchev–Trinajstić information content (AvgIpc) is 3.16. The summed E-state index contributed by atoms with van der Waals surface area (Å²) in [5.41, 5.74) is 4.21. The number of aliphatic hydroxyl groups excluding tert-OH is 1. The Kier molecular flexibility index (Phi) is 6.47. The lowest BCUT2D eigenvalue weighted by atomic mass is 9.86. The van der Waals surface area contributed by atoms with E-state index < -0.39 is 0 Å². The van der Waals surface area contributed by atoms with E-state index in [-0.39, 0.29) is 18.7 Å². The van der Waals surface area contributed by atoms with Gasteiger partial charge in [-0.2, -0.15) is 0 Å². The minimum Gasteiger partial charge on any atom is -0.494 e. The van der Waals surface area contributed by atoms with Crippen molar-refractivity contribution in [1.29, 1.82) is 0 Å². The number of benzene rings is 2. The van der Waals surface area contributed by atoms with Crippen molar-refractivity contribution >= 4 is 28.6 Å². The Balaban J connectivity index is 1.46. The van der Waals surface area contributed by atoms with Crippen molar-refractivity contribution < 1.29 is 19.4 Å². The molecule has 6 nitrogen and oxygen atoms in total. The molecule has 1 amide bonds. The number of ether oxygens (including phenoxy) is 2. The summed E-state index contributed by atoms with van der Waals surface area (Å²) in [4.78, 5) is 18.6. The standard InChI is InChI=1S/C26H29ClN2O4/c27-19-7-10-23-22(15-19)21-11-12-29(26(31)33-16-17-3-1-4-17)25(24(21)28-23)18-5-8-20(9-6-18)32-14-2-13-30/h5-10,15,17,25,28,30H,1-4,11-14,16H2/t25-/m0/s1. The Bertz CT molecular complexity index is 1120. The maximum absolute atomic E-state index is 13.2. The summed E-state index contributed by atoms with van der Waals surface area (Å²) in [6.45, 7) is 1.64. The number of halogens is 1. The summed E-state index contributed by atoms with van der Waals surface area (Å²) in [5.74, 6) is 1.24. The van der Waals surface area contributed by atoms with E-state index >= 15 is 0 Å². The zero-order chi connectivity index (χ0) is 22.8. The minimum atomic E-state index is -0.277. The van der Waals surface area contributed by atoms with E-state index in [4.69, 9.17) is 26.2 Å². The highest BCUT2D eigenvalue weighted by molar-refractivity contribution is 6.31. The summed E-state index contributed by atoms with van der Waals surface area (Å²) in [7, 11) is 0. The average molecular weight is 469 g/mol. The Labute approximate surface area is 198 Å². The lowest BCUT2D eigenvalue weighted by Crippen LogP contribution is -2.41. The van der Waals surface area contributed by atoms with Crippen molar-refractivity contribution in [3.63, 3.8) is 0 Å². The Morgan fingerprint density at radius 2 is 2.00 bits per heavy atom. The number of carbonyl (C=O) groups excluding carboxylic acids is 1. The molecule has 0 unspecified atom stereocenters. The number of H-pyrrole nitrogens is 1. The fourth-order valence-corrected chi connectivity index (χ4v) is 4.91. The smallest absolute Gasteiger partial charge is 0.410 e. The first-order valence-corrected chi connectivity index (χ1v) is 12.1. The van der Waals surface area contributed by atoms with Gasteiger partial charge in [0.25, 0.3) is 0 Å². The molecule has 2 aliphatic rings. The lowest BCUT2D eigenvalue weighted by molar-refractivity contribution is 0.0620. The number of fused-ring (bicyclic) bond motifs is 3. The largest absolute Gasteiger partial charge is 0.494 e. The van der Waals surface area contributed by atoms with Crippen LogP contribution in [0.25, 0.3) is 10.9 Å². The van der Waals surface area contributed by atoms with Gasteiger partial charge >= 0.3 is 6.09 Å². The summed E-state index contributed by atoms with van der Waals surface area (Å²) < 4.78 is 11.4. The SMILES string of the molecule is O=C(OCC1CCC1)N1CCc2c([nH]c3ccc(Cl)cc23)[C@@H]1c1ccc(OCCCO)cc1. The third kappa shape index (κ3) is 4.55. The third-order valence-electron chi connectivity index (χ3n) is 6.76. The van der Waals surface area contributed by atoms with Crippen LogP contribution >= 0.6 is 11.6 Å². The van der Waals surface area contributed by atoms with Crippen LogP contribution in [-0.4, -0.2) is 47.4 Å². The molecular formula is C26H29ClN2O4. The maximum atomic E-state index is 13.2. The molecule has 7 heteroatoms. The van der Waals surface area contributed by atoms with Gasteiger partial charge in [-0.05, 0) is 66.6 Å². The van der Waals surface area contributed by atoms with Gasteiger partial charge in [0.15, 0.2) is 0 Å². The summed E-state index contributed by atoms with van der Waals surface area (Å²) in [6, 6.07) is 13.4. The molecule has 0 saturated heterocycles. The van der Waals surface area contributed by atoms with Crippen LogP contribution in [0.5, 0.6) is 5.75 Å². The molecule has 3 aromatic rings. The predicted octanol–water partition coefficient (Wildman–Crippen LogP) is 5.47. The van der Waals surface area contributed by atoms with Crippen molar-refractivity contribution in [1.82, 2.24) is 9.88 Å². The first-order valence-electron chi connectivity index (χ1n) is 11.7. The van der Waals surface area contributed by atoms with Gasteiger partial charge in [0.05, 0.1) is 13.2 Å². The van der Waals surface area contributed by atoms with Crippen molar-refractivity contribution in [3.05, 3.63) is 64.3 Å². The molecule has 5 rings (SSSR count). The summed E-state index contributed by atoms with van der Waals surface area (Å²) in [6.07, 6.45) is 4.57. The van der Waals surface area contributed by atoms with Gasteiger partial charge in [0.1, 0.15) is 11.8 Å². The van der Waals surface area contributed by atoms with Gasteiger partial charge in [-0.15, -0.1) is 0 Å². The molecule has 2 N–H and O–H groups in total. The first kappa shape index (κ1) is 22.1. The van der Waals surface area contributed by atoms with Gasteiger partial charge in [0.2, 0.25) is 0 Å². The van der Waals surface area contributed by atoms with Crippen molar-refractivity contribution in [3.8, 4) is 5.75 Å². The molecule has 1 fully saturated rings. The fraction of sp³-hybridized carbons (Fsp3) is 0.423. The number of carbonyl (C=O) groups is 1. The predicted molar refractivity (Wildman–Crippen MR) is 128 cm³/mol. The molecule has 1 aliphatic carbocycles. The van der Waals surface area contributed by atoms with E-state index in [1.54, 1.807) is 0 Å². The van der Waals surface area contributed by atoms with Crippen LogP contribution in [0.1, 0.15) is 48.5 Å². The second-order valence-electron chi connectivity index (χ2n) is 8.92. The van der Waals surface area contributed by atoms with Crippen LogP contribution in [0.2, 0.25) is 5.02 Å². The van der Waals surface area contributed by atoms with E-state index in [0.717, 1.165) is 47.2 Å². The molecule has 1 aromatic heterocycles. The van der Waals surface area contributed by atoms with E-state index in [1.165, 1.54) is 12.0 Å². The monoisotopic (exact) mass is 468 g/mol. The highest BCUT2D eigenvalue weighted by Crippen LogP contribution is 2.40. The number of aliphatic hydroxyl groups is 1. The number of aromatic nitrogens is 1. The summed E-state index contributed by atoms with van der Waals surface area (Å²) in [5, 5.41) is 10.8. The molecule has 1 aliphatic heterocycles. The van der Waals surface area contributed by atoms with Gasteiger partial charge in [-0.1, -0.05) is 30.2 Å². The number of rotatable bonds is 7. The van der Waals surface area contributed by atoms with Gasteiger partial charge in [-0.3, -0.25) is 4.90 Å². The first-order chi connectivity index (χ1) is 16.1. The topological polar surface area (TPSA) is 74.8 Å². The van der Waals surface area contributed by atoms with Gasteiger partial charge < -0.3 is 19.6 Å². The highest BCUT2D eigenvalue weighted by atomic mass is 35.5. The quantitative estimate of drug-likeness (QED) is 0.451. The van der Waals surface area contributed by atoms with Gasteiger partial charge in [0, 0.05) is 41.2 Å². The molecular weight excluding hydrogens is 440 g/mol. The van der Waals surface area contributed by atoms with Gasteiger partial charge in [-0.25, -0.2) is 4.79 Å². The third-order valence-corrected chi connectivity index (χ3v) is 6.99. The normalized spacial score (nSPS) is 18.1. The van der Waals surface area contributed by atoms with Crippen LogP contribution in [0, 0.1) is 5.92 Å². The zero-order valence-electron chi connectivity index (χ0n) is 18.6. The molecule has 0 bridgehead atoms. The fourth-order valence-electron chi connectivity index (χ4n) is 4.74. The second-order valence-corrected chi connectivity index (χ2v) is 9.36. The Hall–Kier alpha value is -2.70. The molecule has 174 valence electrons. The van der Waals surface area contributed by atoms with E-state index in [1.807, 2.05) is 47.4 Å². The van der Waals surface area contributed by atoms with Crippen LogP contribution in [0.3, 0.4) is 0 Å². The zero-order valence-corrected chi connectivity index (χ0v) is 19.3. The van der Waals surface area contributed by atoms with Crippen LogP contribution in [-0.2, 0) is 11.2 Å². The molecule has 1 atom stereocenters. The number of nitrogens with one attached hydrogen (secondary N) is 1. The van der Waals surface area contributed by atoms with E-state index in [2.05, 4.69) is 4.98 Å². The molecule has 2 aromatic carbocycles. The van der Waals surface area contributed by atoms with Crippen molar-refractivity contribution in [2.24, 2.45) is 5.92 Å². The van der Waals surface area contributed by atoms with E-state index in [0.29, 0.717) is 37.1 Å². The number of nitrogens with zero attached hydrogens (tertiary/aromatic N) is 1. The number of hydrogen-bond donors (Lipinski definition) is 2. The lowest BCUT2D eigenvalue weighted by Gasteiger charge is -2.36. The maximum Gasteiger partial charge on any atom is 0.410 e. The minimum absolute atomic E-state index is 0.102. The van der Waals surface area contributed by atoms with Crippen LogP contribution in [0.15, 0.2) is 42.5 Å². The highest BCUT2D eigenvalue weighted by Gasteiger charge is 2.36. The molecule has 0 spiro atoms. The number of amides is 1.